The van der Waals surface area contributed by atoms with Crippen molar-refractivity contribution in [2.24, 2.45) is 5.92 Å². The van der Waals surface area contributed by atoms with E-state index < -0.39 is 0 Å². The predicted molar refractivity (Wildman–Crippen MR) is 65.8 cm³/mol. The van der Waals surface area contributed by atoms with Gasteiger partial charge >= 0.3 is 107 Å². The molecule has 0 aliphatic rings. The standard InChI is InChI=1S/C14H29.BrH.Zn/c1-4-6-8-10-12-14(3)13-11-9-7-5-2;;/h14H,3-13H2,1-2H3;1H;/q;;+1/p-1. The van der Waals surface area contributed by atoms with Crippen LogP contribution in [0.25, 0.3) is 0 Å². The molecule has 0 saturated carbocycles. The van der Waals surface area contributed by atoms with Crippen LogP contribution in [-0.4, -0.2) is 0 Å². The van der Waals surface area contributed by atoms with Crippen molar-refractivity contribution < 1.29 is 35.3 Å². The van der Waals surface area contributed by atoms with Gasteiger partial charge < -0.3 is 17.0 Å². The zero-order valence-electron chi connectivity index (χ0n) is 11.4. The van der Waals surface area contributed by atoms with Gasteiger partial charge in [-0.2, -0.15) is 0 Å². The van der Waals surface area contributed by atoms with Crippen molar-refractivity contribution in [2.75, 3.05) is 0 Å². The third-order valence-electron chi connectivity index (χ3n) is 3.34. The summed E-state index contributed by atoms with van der Waals surface area (Å²) in [6, 6.07) is 0. The van der Waals surface area contributed by atoms with E-state index in [1.165, 1.54) is 87.5 Å². The van der Waals surface area contributed by atoms with Gasteiger partial charge in [-0.25, -0.2) is 0 Å². The molecule has 0 N–H and O–H groups in total. The van der Waals surface area contributed by atoms with E-state index in [4.69, 9.17) is 0 Å². The van der Waals surface area contributed by atoms with E-state index in [9.17, 15) is 0 Å². The topological polar surface area (TPSA) is 0 Å². The van der Waals surface area contributed by atoms with Crippen LogP contribution in [0.15, 0.2) is 0 Å². The van der Waals surface area contributed by atoms with Crippen LogP contribution in [0.3, 0.4) is 0 Å². The second kappa shape index (κ2) is 16.1. The molecule has 0 nitrogen and oxygen atoms in total. The maximum absolute atomic E-state index is 2.30. The summed E-state index contributed by atoms with van der Waals surface area (Å²) >= 11 is 1.51. The van der Waals surface area contributed by atoms with Crippen LogP contribution in [0.4, 0.5) is 0 Å². The minimum atomic E-state index is 0. The average Bonchev–Trinajstić information content (AvgIpc) is 2.27. The number of halogens is 1. The van der Waals surface area contributed by atoms with Crippen molar-refractivity contribution in [1.29, 1.82) is 0 Å². The van der Waals surface area contributed by atoms with Crippen LogP contribution >= 0.6 is 0 Å². The van der Waals surface area contributed by atoms with Crippen LogP contribution in [-0.2, 0) is 18.3 Å². The summed E-state index contributed by atoms with van der Waals surface area (Å²) in [6.07, 6.45) is 14.6. The van der Waals surface area contributed by atoms with E-state index in [0.717, 1.165) is 5.92 Å². The Kier molecular flexibility index (Phi) is 19.6. The Labute approximate surface area is 124 Å². The Hall–Kier alpha value is 1.10. The van der Waals surface area contributed by atoms with Gasteiger partial charge in [0.2, 0.25) is 0 Å². The Morgan fingerprint density at radius 3 is 1.50 bits per heavy atom. The second-order valence-electron chi connectivity index (χ2n) is 4.85. The minimum Gasteiger partial charge on any atom is -1.00 e. The molecule has 0 unspecified atom stereocenters. The third kappa shape index (κ3) is 13.2. The van der Waals surface area contributed by atoms with Crippen molar-refractivity contribution in [3.8, 4) is 0 Å². The van der Waals surface area contributed by atoms with Gasteiger partial charge in [0.1, 0.15) is 0 Å². The fourth-order valence-corrected chi connectivity index (χ4v) is 3.36. The monoisotopic (exact) mass is 340 g/mol. The van der Waals surface area contributed by atoms with E-state index >= 15 is 0 Å². The summed E-state index contributed by atoms with van der Waals surface area (Å²) in [5, 5.41) is 1.53. The van der Waals surface area contributed by atoms with Crippen LogP contribution in [0, 0.1) is 5.92 Å². The molecule has 0 aliphatic heterocycles. The number of hydrogen-bond acceptors (Lipinski definition) is 0. The summed E-state index contributed by atoms with van der Waals surface area (Å²) in [4.78, 5) is 0. The predicted octanol–water partition coefficient (Wildman–Crippen LogP) is 2.51. The smallest absolute Gasteiger partial charge is 1.00 e. The Morgan fingerprint density at radius 1 is 0.750 bits per heavy atom. The van der Waals surface area contributed by atoms with Crippen LogP contribution in [0.5, 0.6) is 0 Å². The fraction of sp³-hybridized carbons (Fsp3) is 1.00. The first-order valence-electron chi connectivity index (χ1n) is 7.14. The zero-order valence-corrected chi connectivity index (χ0v) is 16.0. The summed E-state index contributed by atoms with van der Waals surface area (Å²) in [6.45, 7) is 4.60. The molecule has 0 fully saturated rings. The number of unbranched alkanes of at least 4 members (excludes halogenated alkanes) is 6. The van der Waals surface area contributed by atoms with Gasteiger partial charge in [0.15, 0.2) is 0 Å². The SMILES string of the molecule is CCCCCCC([CH2][Zn+])CCCCCC.[Br-]. The maximum atomic E-state index is 2.30. The zero-order chi connectivity index (χ0) is 11.4. The maximum Gasteiger partial charge on any atom is -1.00 e. The molecule has 0 spiro atoms. The normalized spacial score (nSPS) is 10.6. The van der Waals surface area contributed by atoms with Gasteiger partial charge in [0.25, 0.3) is 0 Å². The van der Waals surface area contributed by atoms with Gasteiger partial charge in [-0.15, -0.1) is 0 Å². The van der Waals surface area contributed by atoms with Crippen LogP contribution in [0.2, 0.25) is 5.02 Å². The fourth-order valence-electron chi connectivity index (χ4n) is 2.15. The third-order valence-corrected chi connectivity index (χ3v) is 5.05. The van der Waals surface area contributed by atoms with Gasteiger partial charge in [-0.1, -0.05) is 0 Å². The molecular formula is C14H29BrZn. The summed E-state index contributed by atoms with van der Waals surface area (Å²) < 4.78 is 0. The molecular weight excluding hydrogens is 313 g/mol. The van der Waals surface area contributed by atoms with Crippen molar-refractivity contribution in [1.82, 2.24) is 0 Å². The number of rotatable bonds is 11. The molecule has 0 rings (SSSR count). The Balaban J connectivity index is 0. The molecule has 16 heavy (non-hydrogen) atoms. The molecule has 2 heteroatoms. The van der Waals surface area contributed by atoms with E-state index in [-0.39, 0.29) is 17.0 Å². The van der Waals surface area contributed by atoms with Crippen molar-refractivity contribution in [3.05, 3.63) is 0 Å². The molecule has 0 heterocycles. The summed E-state index contributed by atoms with van der Waals surface area (Å²) in [5.41, 5.74) is 0. The summed E-state index contributed by atoms with van der Waals surface area (Å²) in [5.74, 6) is 1.08. The largest absolute Gasteiger partial charge is 1.00 e. The molecule has 0 bridgehead atoms. The molecule has 0 radical (unpaired) electrons. The van der Waals surface area contributed by atoms with Crippen molar-refractivity contribution >= 4 is 0 Å². The first-order valence-corrected chi connectivity index (χ1v) is 9.24. The molecule has 0 atom stereocenters. The van der Waals surface area contributed by atoms with E-state index in [0.29, 0.717) is 0 Å². The second-order valence-corrected chi connectivity index (χ2v) is 6.06. The molecule has 0 amide bonds. The van der Waals surface area contributed by atoms with E-state index in [1.807, 2.05) is 0 Å². The minimum absolute atomic E-state index is 0. The average molecular weight is 343 g/mol. The van der Waals surface area contributed by atoms with E-state index in [2.05, 4.69) is 13.8 Å². The van der Waals surface area contributed by atoms with Gasteiger partial charge in [-0.05, 0) is 0 Å². The Morgan fingerprint density at radius 2 is 1.19 bits per heavy atom. The Bertz CT molecular complexity index is 105. The first kappa shape index (κ1) is 19.4. The molecule has 94 valence electrons. The molecule has 0 aromatic heterocycles. The van der Waals surface area contributed by atoms with Crippen LogP contribution < -0.4 is 17.0 Å². The molecule has 0 saturated heterocycles. The number of hydrogen-bond donors (Lipinski definition) is 0. The summed E-state index contributed by atoms with van der Waals surface area (Å²) in [7, 11) is 0. The molecule has 0 aromatic carbocycles. The van der Waals surface area contributed by atoms with E-state index in [1.54, 1.807) is 0 Å². The van der Waals surface area contributed by atoms with Gasteiger partial charge in [0, 0.05) is 0 Å². The quantitative estimate of drug-likeness (QED) is 0.400. The van der Waals surface area contributed by atoms with Crippen LogP contribution in [0.1, 0.15) is 78.1 Å². The van der Waals surface area contributed by atoms with Gasteiger partial charge in [-0.3, -0.25) is 0 Å². The van der Waals surface area contributed by atoms with Crippen molar-refractivity contribution in [2.45, 2.75) is 83.1 Å². The van der Waals surface area contributed by atoms with Crippen molar-refractivity contribution in [3.63, 3.8) is 0 Å². The first-order chi connectivity index (χ1) is 7.35. The van der Waals surface area contributed by atoms with Gasteiger partial charge in [0.05, 0.1) is 0 Å². The molecule has 0 aromatic rings. The molecule has 0 aliphatic carbocycles.